The molecule has 6 heteroatoms. The zero-order valence-electron chi connectivity index (χ0n) is 8.91. The summed E-state index contributed by atoms with van der Waals surface area (Å²) in [4.78, 5) is -0.274. The van der Waals surface area contributed by atoms with Crippen LogP contribution in [0.4, 0.5) is 4.39 Å². The minimum absolute atomic E-state index is 0.0257. The normalized spacial score (nSPS) is 11.8. The van der Waals surface area contributed by atoms with Crippen LogP contribution in [0.15, 0.2) is 23.1 Å². The summed E-state index contributed by atoms with van der Waals surface area (Å²) in [6, 6.07) is 3.31. The molecule has 0 radical (unpaired) electrons. The third kappa shape index (κ3) is 3.64. The predicted molar refractivity (Wildman–Crippen MR) is 59.8 cm³/mol. The number of hydrogen-bond donors (Lipinski definition) is 0. The largest absolute Gasteiger partial charge is 0.490 e. The molecule has 90 valence electrons. The molecule has 0 spiro atoms. The van der Waals surface area contributed by atoms with Gasteiger partial charge in [0.1, 0.15) is 0 Å². The quantitative estimate of drug-likeness (QED) is 0.787. The molecule has 0 unspecified atom stereocenters. The Morgan fingerprint density at radius 2 is 2.06 bits per heavy atom. The highest BCUT2D eigenvalue weighted by Crippen LogP contribution is 2.23. The van der Waals surface area contributed by atoms with Gasteiger partial charge in [-0.2, -0.15) is 0 Å². The van der Waals surface area contributed by atoms with Crippen molar-refractivity contribution in [2.45, 2.75) is 18.7 Å². The fourth-order valence-corrected chi connectivity index (χ4v) is 1.77. The van der Waals surface area contributed by atoms with Crippen LogP contribution < -0.4 is 4.74 Å². The molecule has 0 heterocycles. The monoisotopic (exact) mass is 266 g/mol. The van der Waals surface area contributed by atoms with E-state index in [4.69, 9.17) is 15.4 Å². The molecule has 1 aromatic rings. The number of rotatable bonds is 4. The molecule has 0 aliphatic carbocycles. The Bertz CT molecular complexity index is 471. The van der Waals surface area contributed by atoms with Crippen molar-refractivity contribution in [3.05, 3.63) is 24.0 Å². The highest BCUT2D eigenvalue weighted by Gasteiger charge is 2.13. The van der Waals surface area contributed by atoms with Crippen LogP contribution in [-0.2, 0) is 9.05 Å². The third-order valence-corrected chi connectivity index (χ3v) is 3.11. The lowest BCUT2D eigenvalue weighted by Crippen LogP contribution is -2.06. The standard InChI is InChI=1S/C10H12ClFO3S/c1-7(2)6-15-10-4-3-8(5-9(10)12)16(11,13)14/h3-5,7H,6H2,1-2H3. The first kappa shape index (κ1) is 13.3. The smallest absolute Gasteiger partial charge is 0.261 e. The van der Waals surface area contributed by atoms with E-state index in [1.165, 1.54) is 12.1 Å². The maximum atomic E-state index is 13.4. The molecule has 0 aliphatic heterocycles. The maximum Gasteiger partial charge on any atom is 0.261 e. The average Bonchev–Trinajstić information content (AvgIpc) is 2.14. The zero-order chi connectivity index (χ0) is 12.3. The van der Waals surface area contributed by atoms with Crippen LogP contribution in [0.2, 0.25) is 0 Å². The Labute approximate surface area is 98.6 Å². The molecule has 0 saturated carbocycles. The van der Waals surface area contributed by atoms with Gasteiger partial charge in [0.2, 0.25) is 0 Å². The molecule has 0 N–H and O–H groups in total. The van der Waals surface area contributed by atoms with E-state index < -0.39 is 14.9 Å². The van der Waals surface area contributed by atoms with Gasteiger partial charge >= 0.3 is 0 Å². The second kappa shape index (κ2) is 5.01. The summed E-state index contributed by atoms with van der Waals surface area (Å²) in [6.45, 7) is 4.22. The summed E-state index contributed by atoms with van der Waals surface area (Å²) in [5, 5.41) is 0. The summed E-state index contributed by atoms with van der Waals surface area (Å²) in [7, 11) is 1.18. The molecule has 0 fully saturated rings. The average molecular weight is 267 g/mol. The van der Waals surface area contributed by atoms with Gasteiger partial charge < -0.3 is 4.74 Å². The summed E-state index contributed by atoms with van der Waals surface area (Å²) in [5.74, 6) is -0.448. The highest BCUT2D eigenvalue weighted by molar-refractivity contribution is 8.13. The van der Waals surface area contributed by atoms with Crippen LogP contribution in [-0.4, -0.2) is 15.0 Å². The van der Waals surface area contributed by atoms with E-state index in [9.17, 15) is 12.8 Å². The Balaban J connectivity index is 2.92. The summed E-state index contributed by atoms with van der Waals surface area (Å²) in [5.41, 5.74) is 0. The zero-order valence-corrected chi connectivity index (χ0v) is 10.5. The molecule has 1 rings (SSSR count). The Hall–Kier alpha value is -0.810. The Morgan fingerprint density at radius 3 is 2.50 bits per heavy atom. The SMILES string of the molecule is CC(C)COc1ccc(S(=O)(=O)Cl)cc1F. The van der Waals surface area contributed by atoms with Gasteiger partial charge in [-0.05, 0) is 24.1 Å². The lowest BCUT2D eigenvalue weighted by atomic mass is 10.2. The lowest BCUT2D eigenvalue weighted by Gasteiger charge is -2.09. The van der Waals surface area contributed by atoms with Crippen molar-refractivity contribution >= 4 is 19.7 Å². The van der Waals surface area contributed by atoms with Crippen molar-refractivity contribution in [3.63, 3.8) is 0 Å². The van der Waals surface area contributed by atoms with Crippen LogP contribution in [0.3, 0.4) is 0 Å². The molecule has 1 aromatic carbocycles. The minimum Gasteiger partial charge on any atom is -0.490 e. The van der Waals surface area contributed by atoms with Crippen LogP contribution >= 0.6 is 10.7 Å². The molecular formula is C10H12ClFO3S. The van der Waals surface area contributed by atoms with E-state index in [0.717, 1.165) is 6.07 Å². The van der Waals surface area contributed by atoms with Crippen LogP contribution in [0, 0.1) is 11.7 Å². The van der Waals surface area contributed by atoms with Crippen molar-refractivity contribution in [2.75, 3.05) is 6.61 Å². The van der Waals surface area contributed by atoms with E-state index in [1.807, 2.05) is 13.8 Å². The molecule has 0 atom stereocenters. The van der Waals surface area contributed by atoms with Gasteiger partial charge in [-0.3, -0.25) is 0 Å². The molecular weight excluding hydrogens is 255 g/mol. The topological polar surface area (TPSA) is 43.4 Å². The number of hydrogen-bond acceptors (Lipinski definition) is 3. The first-order valence-corrected chi connectivity index (χ1v) is 6.98. The number of halogens is 2. The Morgan fingerprint density at radius 1 is 1.44 bits per heavy atom. The molecule has 0 bridgehead atoms. The van der Waals surface area contributed by atoms with Gasteiger partial charge in [0, 0.05) is 10.7 Å². The van der Waals surface area contributed by atoms with E-state index in [1.54, 1.807) is 0 Å². The molecule has 3 nitrogen and oxygen atoms in total. The number of ether oxygens (including phenoxy) is 1. The minimum atomic E-state index is -3.90. The van der Waals surface area contributed by atoms with E-state index in [2.05, 4.69) is 0 Å². The van der Waals surface area contributed by atoms with Gasteiger partial charge in [0.05, 0.1) is 11.5 Å². The second-order valence-electron chi connectivity index (χ2n) is 3.73. The van der Waals surface area contributed by atoms with Gasteiger partial charge in [0.15, 0.2) is 11.6 Å². The lowest BCUT2D eigenvalue weighted by molar-refractivity contribution is 0.259. The fraction of sp³-hybridized carbons (Fsp3) is 0.400. The summed E-state index contributed by atoms with van der Waals surface area (Å²) < 4.78 is 40.4. The Kier molecular flexibility index (Phi) is 4.15. The van der Waals surface area contributed by atoms with E-state index in [-0.39, 0.29) is 16.6 Å². The van der Waals surface area contributed by atoms with E-state index in [0.29, 0.717) is 6.61 Å². The number of benzene rings is 1. The van der Waals surface area contributed by atoms with Gasteiger partial charge in [-0.15, -0.1) is 0 Å². The second-order valence-corrected chi connectivity index (χ2v) is 6.30. The molecule has 0 aromatic heterocycles. The molecule has 0 amide bonds. The summed E-state index contributed by atoms with van der Waals surface area (Å²) in [6.07, 6.45) is 0. The van der Waals surface area contributed by atoms with Crippen molar-refractivity contribution in [1.82, 2.24) is 0 Å². The van der Waals surface area contributed by atoms with Gasteiger partial charge in [0.25, 0.3) is 9.05 Å². The predicted octanol–water partition coefficient (Wildman–Crippen LogP) is 2.79. The van der Waals surface area contributed by atoms with Crippen molar-refractivity contribution < 1.29 is 17.5 Å². The van der Waals surface area contributed by atoms with Crippen LogP contribution in [0.25, 0.3) is 0 Å². The van der Waals surface area contributed by atoms with Crippen molar-refractivity contribution in [3.8, 4) is 5.75 Å². The molecule has 0 aliphatic rings. The molecule has 16 heavy (non-hydrogen) atoms. The van der Waals surface area contributed by atoms with Crippen LogP contribution in [0.1, 0.15) is 13.8 Å². The van der Waals surface area contributed by atoms with Gasteiger partial charge in [-0.1, -0.05) is 13.8 Å². The van der Waals surface area contributed by atoms with Gasteiger partial charge in [-0.25, -0.2) is 12.8 Å². The first-order valence-electron chi connectivity index (χ1n) is 4.67. The van der Waals surface area contributed by atoms with Crippen LogP contribution in [0.5, 0.6) is 5.75 Å². The van der Waals surface area contributed by atoms with E-state index >= 15 is 0 Å². The summed E-state index contributed by atoms with van der Waals surface area (Å²) >= 11 is 0. The highest BCUT2D eigenvalue weighted by atomic mass is 35.7. The van der Waals surface area contributed by atoms with Crippen molar-refractivity contribution in [2.24, 2.45) is 5.92 Å². The van der Waals surface area contributed by atoms with Crippen molar-refractivity contribution in [1.29, 1.82) is 0 Å². The first-order chi connectivity index (χ1) is 7.30. The maximum absolute atomic E-state index is 13.4. The third-order valence-electron chi connectivity index (χ3n) is 1.76. The molecule has 0 saturated heterocycles. The fourth-order valence-electron chi connectivity index (χ4n) is 1.01.